The summed E-state index contributed by atoms with van der Waals surface area (Å²) in [6.07, 6.45) is 2.00. The van der Waals surface area contributed by atoms with Crippen LogP contribution in [0.3, 0.4) is 0 Å². The van der Waals surface area contributed by atoms with Gasteiger partial charge < -0.3 is 11.1 Å². The predicted molar refractivity (Wildman–Crippen MR) is 77.3 cm³/mol. The lowest BCUT2D eigenvalue weighted by Gasteiger charge is -2.30. The molecule has 1 amide bonds. The summed E-state index contributed by atoms with van der Waals surface area (Å²) in [4.78, 5) is 11.5. The van der Waals surface area contributed by atoms with Gasteiger partial charge in [0.15, 0.2) is 0 Å². The first-order valence-electron chi connectivity index (χ1n) is 6.52. The summed E-state index contributed by atoms with van der Waals surface area (Å²) in [5.74, 6) is 1.63. The fraction of sp³-hybridized carbons (Fsp3) is 0.923. The van der Waals surface area contributed by atoms with Gasteiger partial charge >= 0.3 is 0 Å². The van der Waals surface area contributed by atoms with Gasteiger partial charge in [0, 0.05) is 5.25 Å². The average molecular weight is 260 g/mol. The zero-order valence-corrected chi connectivity index (χ0v) is 12.7. The summed E-state index contributed by atoms with van der Waals surface area (Å²) in [5.41, 5.74) is 4.90. The first-order chi connectivity index (χ1) is 7.85. The molecule has 0 spiro atoms. The maximum atomic E-state index is 11.5. The summed E-state index contributed by atoms with van der Waals surface area (Å²) in [5, 5.41) is 3.65. The van der Waals surface area contributed by atoms with E-state index in [1.807, 2.05) is 25.6 Å². The lowest BCUT2D eigenvalue weighted by molar-refractivity contribution is -0.124. The fourth-order valence-corrected chi connectivity index (χ4v) is 3.07. The molecule has 0 aliphatic carbocycles. The molecule has 0 aromatic rings. The molecular weight excluding hydrogens is 232 g/mol. The first-order valence-corrected chi connectivity index (χ1v) is 7.57. The van der Waals surface area contributed by atoms with Crippen molar-refractivity contribution in [1.29, 1.82) is 0 Å². The van der Waals surface area contributed by atoms with Crippen LogP contribution in [0.1, 0.15) is 47.5 Å². The Labute approximate surface area is 110 Å². The van der Waals surface area contributed by atoms with Crippen LogP contribution in [0.4, 0.5) is 0 Å². The van der Waals surface area contributed by atoms with Gasteiger partial charge in [-0.2, -0.15) is 11.8 Å². The van der Waals surface area contributed by atoms with E-state index in [9.17, 15) is 4.79 Å². The Hall–Kier alpha value is -0.220. The molecule has 3 N–H and O–H groups in total. The fourth-order valence-electron chi connectivity index (χ4n) is 1.73. The Kier molecular flexibility index (Phi) is 7.88. The monoisotopic (exact) mass is 260 g/mol. The molecule has 0 radical (unpaired) electrons. The van der Waals surface area contributed by atoms with Gasteiger partial charge in [-0.3, -0.25) is 4.79 Å². The average Bonchev–Trinajstić information content (AvgIpc) is 2.25. The molecule has 0 aromatic heterocycles. The van der Waals surface area contributed by atoms with E-state index in [0.717, 1.165) is 24.6 Å². The second kappa shape index (κ2) is 7.98. The minimum atomic E-state index is -0.573. The van der Waals surface area contributed by atoms with E-state index in [1.54, 1.807) is 0 Å². The SMILES string of the molecule is CCNC(C)(CC(C)SCC(C)CC)C(N)=O. The summed E-state index contributed by atoms with van der Waals surface area (Å²) in [6, 6.07) is 0. The number of hydrogen-bond donors (Lipinski definition) is 2. The number of rotatable bonds is 9. The number of likely N-dealkylation sites (N-methyl/N-ethyl adjacent to an activating group) is 1. The molecule has 0 rings (SSSR count). The van der Waals surface area contributed by atoms with E-state index in [1.165, 1.54) is 6.42 Å². The van der Waals surface area contributed by atoms with Crippen LogP contribution in [0, 0.1) is 5.92 Å². The predicted octanol–water partition coefficient (Wildman–Crippen LogP) is 2.40. The highest BCUT2D eigenvalue weighted by atomic mass is 32.2. The maximum Gasteiger partial charge on any atom is 0.237 e. The van der Waals surface area contributed by atoms with E-state index in [0.29, 0.717) is 5.25 Å². The van der Waals surface area contributed by atoms with Crippen molar-refractivity contribution in [3.63, 3.8) is 0 Å². The lowest BCUT2D eigenvalue weighted by Crippen LogP contribution is -2.54. The van der Waals surface area contributed by atoms with Crippen LogP contribution in [0.5, 0.6) is 0 Å². The van der Waals surface area contributed by atoms with Gasteiger partial charge in [-0.1, -0.05) is 34.1 Å². The highest BCUT2D eigenvalue weighted by Crippen LogP contribution is 2.24. The Morgan fingerprint density at radius 3 is 2.41 bits per heavy atom. The molecule has 0 aliphatic heterocycles. The van der Waals surface area contributed by atoms with Crippen LogP contribution in [0.2, 0.25) is 0 Å². The molecule has 3 unspecified atom stereocenters. The third-order valence-corrected chi connectivity index (χ3v) is 4.67. The summed E-state index contributed by atoms with van der Waals surface area (Å²) in [7, 11) is 0. The van der Waals surface area contributed by atoms with Crippen LogP contribution >= 0.6 is 11.8 Å². The van der Waals surface area contributed by atoms with Crippen LogP contribution in [-0.4, -0.2) is 29.0 Å². The minimum Gasteiger partial charge on any atom is -0.368 e. The zero-order chi connectivity index (χ0) is 13.5. The van der Waals surface area contributed by atoms with Crippen molar-refractivity contribution < 1.29 is 4.79 Å². The number of thioether (sulfide) groups is 1. The molecule has 3 atom stereocenters. The zero-order valence-electron chi connectivity index (χ0n) is 11.9. The number of carbonyl (C=O) groups is 1. The first kappa shape index (κ1) is 16.8. The molecule has 0 bridgehead atoms. The van der Waals surface area contributed by atoms with Crippen molar-refractivity contribution in [2.75, 3.05) is 12.3 Å². The Bertz CT molecular complexity index is 235. The number of carbonyl (C=O) groups excluding carboxylic acids is 1. The van der Waals surface area contributed by atoms with Gasteiger partial charge in [0.05, 0.1) is 5.54 Å². The largest absolute Gasteiger partial charge is 0.368 e. The second-order valence-electron chi connectivity index (χ2n) is 5.09. The summed E-state index contributed by atoms with van der Waals surface area (Å²) < 4.78 is 0. The molecule has 102 valence electrons. The van der Waals surface area contributed by atoms with Crippen molar-refractivity contribution >= 4 is 17.7 Å². The van der Waals surface area contributed by atoms with Crippen LogP contribution in [-0.2, 0) is 4.79 Å². The second-order valence-corrected chi connectivity index (χ2v) is 6.56. The van der Waals surface area contributed by atoms with Gasteiger partial charge in [-0.25, -0.2) is 0 Å². The number of hydrogen-bond acceptors (Lipinski definition) is 3. The number of amides is 1. The Morgan fingerprint density at radius 2 is 2.00 bits per heavy atom. The van der Waals surface area contributed by atoms with Crippen molar-refractivity contribution in [3.8, 4) is 0 Å². The van der Waals surface area contributed by atoms with Gasteiger partial charge in [-0.05, 0) is 31.6 Å². The minimum absolute atomic E-state index is 0.254. The molecule has 0 saturated carbocycles. The molecule has 0 fully saturated rings. The normalized spacial score (nSPS) is 18.4. The van der Waals surface area contributed by atoms with Crippen molar-refractivity contribution in [3.05, 3.63) is 0 Å². The number of primary amides is 1. The molecule has 17 heavy (non-hydrogen) atoms. The maximum absolute atomic E-state index is 11.5. The van der Waals surface area contributed by atoms with Gasteiger partial charge in [0.1, 0.15) is 0 Å². The molecule has 0 saturated heterocycles. The molecule has 0 aromatic carbocycles. The Balaban J connectivity index is 4.22. The number of nitrogens with two attached hydrogens (primary N) is 1. The standard InChI is InChI=1S/C13H28N2OS/c1-6-10(3)9-17-11(4)8-13(5,12(14)16)15-7-2/h10-11,15H,6-9H2,1-5H3,(H2,14,16). The van der Waals surface area contributed by atoms with Gasteiger partial charge in [-0.15, -0.1) is 0 Å². The van der Waals surface area contributed by atoms with Crippen LogP contribution < -0.4 is 11.1 Å². The van der Waals surface area contributed by atoms with E-state index < -0.39 is 5.54 Å². The third-order valence-electron chi connectivity index (χ3n) is 3.17. The molecule has 3 nitrogen and oxygen atoms in total. The molecule has 0 heterocycles. The lowest BCUT2D eigenvalue weighted by atomic mass is 9.95. The summed E-state index contributed by atoms with van der Waals surface area (Å²) >= 11 is 1.93. The molecule has 4 heteroatoms. The third kappa shape index (κ3) is 6.32. The number of nitrogens with one attached hydrogen (secondary N) is 1. The topological polar surface area (TPSA) is 55.1 Å². The van der Waals surface area contributed by atoms with Crippen molar-refractivity contribution in [1.82, 2.24) is 5.32 Å². The molecule has 0 aliphatic rings. The van der Waals surface area contributed by atoms with E-state index in [2.05, 4.69) is 26.1 Å². The van der Waals surface area contributed by atoms with Gasteiger partial charge in [0.25, 0.3) is 0 Å². The van der Waals surface area contributed by atoms with Crippen LogP contribution in [0.25, 0.3) is 0 Å². The van der Waals surface area contributed by atoms with E-state index in [4.69, 9.17) is 5.73 Å². The van der Waals surface area contributed by atoms with Crippen molar-refractivity contribution in [2.45, 2.75) is 58.2 Å². The Morgan fingerprint density at radius 1 is 1.41 bits per heavy atom. The highest BCUT2D eigenvalue weighted by molar-refractivity contribution is 7.99. The smallest absolute Gasteiger partial charge is 0.237 e. The highest BCUT2D eigenvalue weighted by Gasteiger charge is 2.31. The van der Waals surface area contributed by atoms with E-state index >= 15 is 0 Å². The van der Waals surface area contributed by atoms with E-state index in [-0.39, 0.29) is 5.91 Å². The van der Waals surface area contributed by atoms with Crippen LogP contribution in [0.15, 0.2) is 0 Å². The van der Waals surface area contributed by atoms with Crippen molar-refractivity contribution in [2.24, 2.45) is 11.7 Å². The quantitative estimate of drug-likeness (QED) is 0.669. The van der Waals surface area contributed by atoms with Gasteiger partial charge in [0.2, 0.25) is 5.91 Å². The molecular formula is C13H28N2OS. The summed E-state index contributed by atoms with van der Waals surface area (Å²) in [6.45, 7) is 11.3.